The van der Waals surface area contributed by atoms with E-state index in [-0.39, 0.29) is 5.91 Å². The van der Waals surface area contributed by atoms with E-state index in [1.807, 2.05) is 48.2 Å². The average Bonchev–Trinajstić information content (AvgIpc) is 3.18. The third kappa shape index (κ3) is 5.63. The van der Waals surface area contributed by atoms with Gasteiger partial charge >= 0.3 is 0 Å². The van der Waals surface area contributed by atoms with Crippen LogP contribution in [0.4, 0.5) is 0 Å². The van der Waals surface area contributed by atoms with Crippen LogP contribution in [-0.4, -0.2) is 58.6 Å². The molecule has 1 amide bonds. The molecule has 6 heteroatoms. The molecule has 0 atom stereocenters. The zero-order valence-corrected chi connectivity index (χ0v) is 16.7. The monoisotopic (exact) mass is 380 g/mol. The molecule has 0 aliphatic carbocycles. The summed E-state index contributed by atoms with van der Waals surface area (Å²) in [7, 11) is 0. The minimum absolute atomic E-state index is 0.0900. The van der Waals surface area contributed by atoms with Crippen LogP contribution in [0.2, 0.25) is 0 Å². The molecule has 2 heterocycles. The molecule has 0 unspecified atom stereocenters. The smallest absolute Gasteiger partial charge is 0.246 e. The molecule has 3 rings (SSSR count). The van der Waals surface area contributed by atoms with Crippen molar-refractivity contribution < 1.29 is 9.32 Å². The number of aromatic nitrogens is 2. The maximum atomic E-state index is 12.1. The Hall–Kier alpha value is -2.73. The molecule has 1 aliphatic rings. The van der Waals surface area contributed by atoms with Gasteiger partial charge in [-0.3, -0.25) is 9.69 Å². The molecule has 1 aliphatic heterocycles. The lowest BCUT2D eigenvalue weighted by Gasteiger charge is -2.34. The highest BCUT2D eigenvalue weighted by Gasteiger charge is 2.19. The van der Waals surface area contributed by atoms with Gasteiger partial charge in [0.05, 0.1) is 0 Å². The first-order valence-electron chi connectivity index (χ1n) is 9.86. The van der Waals surface area contributed by atoms with E-state index in [0.29, 0.717) is 11.7 Å². The number of carbonyl (C=O) groups is 1. The first-order chi connectivity index (χ1) is 13.7. The van der Waals surface area contributed by atoms with E-state index in [1.54, 1.807) is 12.2 Å². The Balaban J connectivity index is 1.39. The molecule has 2 aromatic rings. The van der Waals surface area contributed by atoms with Gasteiger partial charge < -0.3 is 9.42 Å². The minimum Gasteiger partial charge on any atom is -0.339 e. The number of benzene rings is 1. The van der Waals surface area contributed by atoms with Gasteiger partial charge in [0.2, 0.25) is 17.6 Å². The van der Waals surface area contributed by atoms with Crippen LogP contribution in [-0.2, 0) is 11.2 Å². The first-order valence-corrected chi connectivity index (χ1v) is 9.86. The lowest BCUT2D eigenvalue weighted by Crippen LogP contribution is -2.48. The van der Waals surface area contributed by atoms with Crippen molar-refractivity contribution in [3.8, 4) is 11.4 Å². The molecule has 6 nitrogen and oxygen atoms in total. The second kappa shape index (κ2) is 9.99. The summed E-state index contributed by atoms with van der Waals surface area (Å²) < 4.78 is 5.39. The van der Waals surface area contributed by atoms with Gasteiger partial charge in [-0.05, 0) is 26.8 Å². The van der Waals surface area contributed by atoms with Gasteiger partial charge in [-0.15, -0.1) is 0 Å². The highest BCUT2D eigenvalue weighted by molar-refractivity contribution is 5.87. The molecule has 1 saturated heterocycles. The first kappa shape index (κ1) is 20.0. The SMILES string of the molecule is CC=CC=CC(=O)N1CCN(CCCc2nc(-c3ccc(C)cc3)no2)CC1. The van der Waals surface area contributed by atoms with Crippen LogP contribution >= 0.6 is 0 Å². The Labute approximate surface area is 166 Å². The molecule has 1 aromatic carbocycles. The third-order valence-corrected chi connectivity index (χ3v) is 4.87. The van der Waals surface area contributed by atoms with E-state index in [1.165, 1.54) is 5.56 Å². The summed E-state index contributed by atoms with van der Waals surface area (Å²) in [5.41, 5.74) is 2.19. The van der Waals surface area contributed by atoms with E-state index in [2.05, 4.69) is 22.0 Å². The van der Waals surface area contributed by atoms with Crippen LogP contribution in [0.5, 0.6) is 0 Å². The van der Waals surface area contributed by atoms with Crippen molar-refractivity contribution in [3.63, 3.8) is 0 Å². The van der Waals surface area contributed by atoms with Crippen molar-refractivity contribution in [3.05, 3.63) is 60.0 Å². The van der Waals surface area contributed by atoms with Crippen molar-refractivity contribution in [2.75, 3.05) is 32.7 Å². The molecule has 1 aromatic heterocycles. The van der Waals surface area contributed by atoms with Gasteiger partial charge in [0.1, 0.15) is 0 Å². The van der Waals surface area contributed by atoms with Crippen LogP contribution in [0.25, 0.3) is 11.4 Å². The van der Waals surface area contributed by atoms with Crippen LogP contribution in [0.3, 0.4) is 0 Å². The Bertz CT molecular complexity index is 815. The number of amides is 1. The molecule has 0 N–H and O–H groups in total. The van der Waals surface area contributed by atoms with Crippen LogP contribution < -0.4 is 0 Å². The van der Waals surface area contributed by atoms with Gasteiger partial charge in [0.25, 0.3) is 0 Å². The number of aryl methyl sites for hydroxylation is 2. The van der Waals surface area contributed by atoms with Crippen molar-refractivity contribution in [1.29, 1.82) is 0 Å². The summed E-state index contributed by atoms with van der Waals surface area (Å²) in [6, 6.07) is 8.12. The minimum atomic E-state index is 0.0900. The summed E-state index contributed by atoms with van der Waals surface area (Å²) in [6.07, 6.45) is 8.94. The number of carbonyl (C=O) groups excluding carboxylic acids is 1. The van der Waals surface area contributed by atoms with E-state index < -0.39 is 0 Å². The second-order valence-electron chi connectivity index (χ2n) is 7.03. The molecule has 0 bridgehead atoms. The quantitative estimate of drug-likeness (QED) is 0.545. The maximum Gasteiger partial charge on any atom is 0.246 e. The average molecular weight is 380 g/mol. The topological polar surface area (TPSA) is 62.5 Å². The van der Waals surface area contributed by atoms with Crippen LogP contribution in [0.1, 0.15) is 24.8 Å². The van der Waals surface area contributed by atoms with Crippen molar-refractivity contribution in [1.82, 2.24) is 19.9 Å². The molecule has 0 radical (unpaired) electrons. The Morgan fingerprint density at radius 2 is 1.89 bits per heavy atom. The number of nitrogens with zero attached hydrogens (tertiary/aromatic N) is 4. The predicted molar refractivity (Wildman–Crippen MR) is 110 cm³/mol. The molecule has 28 heavy (non-hydrogen) atoms. The largest absolute Gasteiger partial charge is 0.339 e. The lowest BCUT2D eigenvalue weighted by atomic mass is 10.1. The van der Waals surface area contributed by atoms with Gasteiger partial charge in [0, 0.05) is 44.2 Å². The predicted octanol–water partition coefficient (Wildman–Crippen LogP) is 3.25. The van der Waals surface area contributed by atoms with E-state index in [4.69, 9.17) is 4.52 Å². The summed E-state index contributed by atoms with van der Waals surface area (Å²) in [5, 5.41) is 4.09. The zero-order chi connectivity index (χ0) is 19.8. The summed E-state index contributed by atoms with van der Waals surface area (Å²) >= 11 is 0. The fourth-order valence-corrected chi connectivity index (χ4v) is 3.18. The molecule has 0 spiro atoms. The van der Waals surface area contributed by atoms with Crippen molar-refractivity contribution in [2.24, 2.45) is 0 Å². The van der Waals surface area contributed by atoms with Gasteiger partial charge in [-0.1, -0.05) is 53.2 Å². The number of hydrogen-bond acceptors (Lipinski definition) is 5. The highest BCUT2D eigenvalue weighted by Crippen LogP contribution is 2.17. The summed E-state index contributed by atoms with van der Waals surface area (Å²) in [5.74, 6) is 1.42. The Morgan fingerprint density at radius 3 is 2.61 bits per heavy atom. The van der Waals surface area contributed by atoms with Gasteiger partial charge in [-0.25, -0.2) is 0 Å². The Morgan fingerprint density at radius 1 is 1.14 bits per heavy atom. The fraction of sp³-hybridized carbons (Fsp3) is 0.409. The van der Waals surface area contributed by atoms with E-state index in [9.17, 15) is 4.79 Å². The number of hydrogen-bond donors (Lipinski definition) is 0. The van der Waals surface area contributed by atoms with Crippen molar-refractivity contribution >= 4 is 5.91 Å². The fourth-order valence-electron chi connectivity index (χ4n) is 3.18. The maximum absolute atomic E-state index is 12.1. The normalized spacial score (nSPS) is 15.7. The molecule has 0 saturated carbocycles. The van der Waals surface area contributed by atoms with Crippen molar-refractivity contribution in [2.45, 2.75) is 26.7 Å². The highest BCUT2D eigenvalue weighted by atomic mass is 16.5. The van der Waals surface area contributed by atoms with E-state index >= 15 is 0 Å². The lowest BCUT2D eigenvalue weighted by molar-refractivity contribution is -0.127. The van der Waals surface area contributed by atoms with Crippen LogP contribution in [0, 0.1) is 6.92 Å². The molecule has 148 valence electrons. The second-order valence-corrected chi connectivity index (χ2v) is 7.03. The van der Waals surface area contributed by atoms with E-state index in [0.717, 1.165) is 51.1 Å². The van der Waals surface area contributed by atoms with Crippen LogP contribution in [0.15, 0.2) is 53.1 Å². The number of allylic oxidation sites excluding steroid dienone is 3. The number of rotatable bonds is 7. The third-order valence-electron chi connectivity index (χ3n) is 4.87. The summed E-state index contributed by atoms with van der Waals surface area (Å²) in [4.78, 5) is 20.9. The Kier molecular flexibility index (Phi) is 7.14. The standard InChI is InChI=1S/C22H28N4O2/c1-3-4-5-8-21(27)26-16-14-25(15-17-26)13-6-7-20-23-22(24-28-20)19-11-9-18(2)10-12-19/h3-5,8-12H,6-7,13-17H2,1-2H3. The van der Waals surface area contributed by atoms with Gasteiger partial charge in [-0.2, -0.15) is 4.98 Å². The molecular formula is C22H28N4O2. The summed E-state index contributed by atoms with van der Waals surface area (Å²) in [6.45, 7) is 8.32. The number of piperazine rings is 1. The molecular weight excluding hydrogens is 352 g/mol. The molecule has 1 fully saturated rings. The van der Waals surface area contributed by atoms with Gasteiger partial charge in [0.15, 0.2) is 0 Å². The zero-order valence-electron chi connectivity index (χ0n) is 16.7.